The maximum absolute atomic E-state index is 13.4. The molecule has 0 saturated carbocycles. The standard InChI is InChI=1S/C27H27N5OS.C25H23N5OS.2C24H22N6O2S/c1-17(2)19-7-5-9-22(11-19)32-14-23-25(33)31(3)26(29)30-27(23,16-32)24-12-21(15-34-24)20-8-4-6-18(10-20)13-28;1-16-6-3-4-9-21(16)30-13-20-23(31)29(2)24(27)28-25(20,15-30)22-11-19(14-32-22)18-8-5-7-17(10-18)12-26;1-29-22(31)18-12-30(21-19(32-2)7-4-8-27-21)14-24(18,28-23(29)26)20-10-17(13-33-20)16-6-3-5-15(9-16)11-25;1-29-22(31)20-12-30(18-8-19(32-2)11-27-10-18)14-24(20,28-23(29)26)21-7-17(13-33-21)16-5-3-4-15(6-16)9-25/h4-12,15,17,23H,14,16H2,1-3H3,(H2,29,30);3-11,14,20H,13,15H2,1-2H3,(H2,27,28);3-10,13,18H,12,14H2,1-2H3,(H2,26,28);3-8,10-11,13,20H,12,14H2,1-2H3,(H2,26,28)/t23?,27-;20?,25-;18?,24-;20?,24-/m0000/s1. The Morgan fingerprint density at radius 1 is 0.402 bits per heavy atom. The average molecular weight is 1830 g/mol. The first-order valence-corrected chi connectivity index (χ1v) is 46.2. The normalized spacial score (nSPS) is 22.1. The number of hydrogen-bond acceptors (Lipinski definition) is 28. The fraction of sp³-hybridized carbons (Fsp3) is 0.260. The number of carbonyl (C=O) groups excluding carboxylic acids is 4. The molecule has 8 aliphatic rings. The van der Waals surface area contributed by atoms with Crippen LogP contribution in [-0.2, 0) is 41.3 Å². The molecule has 4 fully saturated rings. The van der Waals surface area contributed by atoms with Crippen LogP contribution in [0, 0.1) is 75.9 Å². The second kappa shape index (κ2) is 36.1. The molecule has 4 unspecified atom stereocenters. The Morgan fingerprint density at radius 2 is 0.765 bits per heavy atom. The Hall–Kier alpha value is -15.1. The van der Waals surface area contributed by atoms with Crippen molar-refractivity contribution in [2.75, 3.05) is 114 Å². The molecular formula is C100H94N22O6S4. The fourth-order valence-corrected chi connectivity index (χ4v) is 23.2. The Bertz CT molecular complexity index is 6860. The minimum atomic E-state index is -0.827. The van der Waals surface area contributed by atoms with Crippen molar-refractivity contribution in [3.05, 3.63) is 281 Å². The van der Waals surface area contributed by atoms with Crippen LogP contribution in [0.5, 0.6) is 11.5 Å². The molecule has 12 aromatic rings. The summed E-state index contributed by atoms with van der Waals surface area (Å²) in [5, 5.41) is 45.3. The van der Waals surface area contributed by atoms with Crippen molar-refractivity contribution >= 4 is 116 Å². The highest BCUT2D eigenvalue weighted by molar-refractivity contribution is 7.11. The topological polar surface area (TPSA) is 387 Å². The summed E-state index contributed by atoms with van der Waals surface area (Å²) in [6.07, 6.45) is 5.13. The number of nitriles is 4. The van der Waals surface area contributed by atoms with Gasteiger partial charge in [0.15, 0.2) is 35.4 Å². The number of aromatic nitrogens is 2. The number of carbonyl (C=O) groups is 4. The number of thiophene rings is 4. The highest BCUT2D eigenvalue weighted by Gasteiger charge is 2.61. The van der Waals surface area contributed by atoms with E-state index in [1.165, 1.54) is 30.7 Å². The number of rotatable bonds is 15. The number of anilines is 4. The molecule has 6 aromatic carbocycles. The summed E-state index contributed by atoms with van der Waals surface area (Å²) >= 11 is 6.30. The third kappa shape index (κ3) is 16.3. The first kappa shape index (κ1) is 88.9. The lowest BCUT2D eigenvalue weighted by molar-refractivity contribution is -0.133. The lowest BCUT2D eigenvalue weighted by Gasteiger charge is -2.36. The van der Waals surface area contributed by atoms with Crippen LogP contribution in [0.2, 0.25) is 0 Å². The summed E-state index contributed by atoms with van der Waals surface area (Å²) in [4.78, 5) is 100. The molecule has 132 heavy (non-hydrogen) atoms. The monoisotopic (exact) mass is 1830 g/mol. The molecule has 14 heterocycles. The number of pyridine rings is 2. The van der Waals surface area contributed by atoms with E-state index in [-0.39, 0.29) is 59.3 Å². The van der Waals surface area contributed by atoms with Crippen molar-refractivity contribution in [2.45, 2.75) is 48.8 Å². The molecule has 28 nitrogen and oxygen atoms in total. The van der Waals surface area contributed by atoms with Gasteiger partial charge in [-0.15, -0.1) is 45.3 Å². The van der Waals surface area contributed by atoms with Gasteiger partial charge in [-0.25, -0.2) is 25.0 Å². The molecule has 20 rings (SSSR count). The highest BCUT2D eigenvalue weighted by atomic mass is 32.1. The van der Waals surface area contributed by atoms with Gasteiger partial charge in [-0.3, -0.25) is 43.8 Å². The van der Waals surface area contributed by atoms with Gasteiger partial charge in [0.05, 0.1) is 109 Å². The average Bonchev–Trinajstić information content (AvgIpc) is 1.58. The smallest absolute Gasteiger partial charge is 0.236 e. The summed E-state index contributed by atoms with van der Waals surface area (Å²) in [6, 6.07) is 69.5. The van der Waals surface area contributed by atoms with Crippen molar-refractivity contribution in [3.8, 4) is 80.3 Å². The van der Waals surface area contributed by atoms with Crippen LogP contribution in [0.1, 0.15) is 72.7 Å². The lowest BCUT2D eigenvalue weighted by atomic mass is 9.83. The second-order valence-corrected chi connectivity index (χ2v) is 37.8. The maximum Gasteiger partial charge on any atom is 0.236 e. The van der Waals surface area contributed by atoms with Crippen molar-refractivity contribution in [2.24, 2.45) is 66.6 Å². The van der Waals surface area contributed by atoms with E-state index < -0.39 is 34.0 Å². The van der Waals surface area contributed by atoms with Gasteiger partial charge in [0.25, 0.3) is 0 Å². The van der Waals surface area contributed by atoms with Crippen molar-refractivity contribution in [1.29, 1.82) is 21.0 Å². The van der Waals surface area contributed by atoms with Gasteiger partial charge in [-0.2, -0.15) is 21.0 Å². The fourth-order valence-electron chi connectivity index (χ4n) is 18.8. The van der Waals surface area contributed by atoms with Gasteiger partial charge < -0.3 is 52.0 Å². The summed E-state index contributed by atoms with van der Waals surface area (Å²) in [6.45, 7) is 10.7. The number of benzene rings is 6. The van der Waals surface area contributed by atoms with Gasteiger partial charge in [-0.05, 0) is 193 Å². The molecule has 6 aromatic heterocycles. The molecule has 0 bridgehead atoms. The van der Waals surface area contributed by atoms with Crippen molar-refractivity contribution in [3.63, 3.8) is 0 Å². The largest absolute Gasteiger partial charge is 0.495 e. The molecule has 0 aliphatic carbocycles. The van der Waals surface area contributed by atoms with Crippen molar-refractivity contribution in [1.82, 2.24) is 29.6 Å². The predicted octanol–water partition coefficient (Wildman–Crippen LogP) is 13.9. The van der Waals surface area contributed by atoms with Gasteiger partial charge in [0.2, 0.25) is 23.6 Å². The third-order valence-electron chi connectivity index (χ3n) is 26.1. The number of aliphatic imine (C=N–C) groups is 4. The van der Waals surface area contributed by atoms with E-state index >= 15 is 0 Å². The maximum atomic E-state index is 13.4. The van der Waals surface area contributed by atoms with Crippen LogP contribution in [0.4, 0.5) is 22.9 Å². The van der Waals surface area contributed by atoms with Crippen LogP contribution < -0.4 is 52.0 Å². The molecule has 8 atom stereocenters. The molecule has 4 amide bonds. The first-order valence-electron chi connectivity index (χ1n) is 42.7. The number of ether oxygens (including phenoxy) is 2. The van der Waals surface area contributed by atoms with Gasteiger partial charge in [0, 0.05) is 117 Å². The number of nitrogens with two attached hydrogens (primary N) is 4. The summed E-state index contributed by atoms with van der Waals surface area (Å²) in [5.41, 5.74) is 37.6. The zero-order chi connectivity index (χ0) is 92.8. The van der Waals surface area contributed by atoms with Crippen LogP contribution in [0.3, 0.4) is 0 Å². The second-order valence-electron chi connectivity index (χ2n) is 34.1. The van der Waals surface area contributed by atoms with Crippen LogP contribution in [0.25, 0.3) is 44.5 Å². The van der Waals surface area contributed by atoms with Crippen LogP contribution >= 0.6 is 45.3 Å². The molecular weight excluding hydrogens is 1730 g/mol. The lowest BCUT2D eigenvalue weighted by Crippen LogP contribution is -2.54. The van der Waals surface area contributed by atoms with Crippen LogP contribution in [0.15, 0.2) is 248 Å². The number of methoxy groups -OCH3 is 2. The van der Waals surface area contributed by atoms with E-state index in [0.717, 1.165) is 81.1 Å². The molecule has 4 saturated heterocycles. The molecule has 8 aliphatic heterocycles. The summed E-state index contributed by atoms with van der Waals surface area (Å²) in [7, 11) is 9.91. The summed E-state index contributed by atoms with van der Waals surface area (Å²) in [5.74, 6) is 1.71. The Labute approximate surface area is 780 Å². The minimum Gasteiger partial charge on any atom is -0.495 e. The number of nitrogens with zero attached hydrogens (tertiary/aromatic N) is 18. The number of fused-ring (bicyclic) bond motifs is 4. The molecule has 0 radical (unpaired) electrons. The van der Waals surface area contributed by atoms with E-state index in [1.807, 2.05) is 119 Å². The third-order valence-corrected chi connectivity index (χ3v) is 30.5. The van der Waals surface area contributed by atoms with E-state index in [4.69, 9.17) is 52.4 Å². The molecule has 32 heteroatoms. The number of aryl methyl sites for hydroxylation is 1. The Kier molecular flexibility index (Phi) is 24.3. The quantitative estimate of drug-likeness (QED) is 0.0740. The molecule has 8 N–H and O–H groups in total. The van der Waals surface area contributed by atoms with Gasteiger partial charge >= 0.3 is 0 Å². The Balaban J connectivity index is 0.000000123. The molecule has 664 valence electrons. The highest BCUT2D eigenvalue weighted by Crippen LogP contribution is 2.54. The van der Waals surface area contributed by atoms with Crippen molar-refractivity contribution < 1.29 is 28.7 Å². The number of guanidine groups is 4. The number of amides is 4. The van der Waals surface area contributed by atoms with E-state index in [9.17, 15) is 40.2 Å². The predicted molar refractivity (Wildman–Crippen MR) is 518 cm³/mol. The van der Waals surface area contributed by atoms with E-state index in [0.29, 0.717) is 97.8 Å². The summed E-state index contributed by atoms with van der Waals surface area (Å²) < 4.78 is 10.9. The van der Waals surface area contributed by atoms with E-state index in [1.54, 1.807) is 131 Å². The minimum absolute atomic E-state index is 0.00329. The zero-order valence-corrected chi connectivity index (χ0v) is 77.2. The zero-order valence-electron chi connectivity index (χ0n) is 73.9. The van der Waals surface area contributed by atoms with Gasteiger partial charge in [0.1, 0.15) is 27.9 Å². The number of para-hydroxylation sites is 1. The van der Waals surface area contributed by atoms with Gasteiger partial charge in [-0.1, -0.05) is 92.7 Å². The van der Waals surface area contributed by atoms with E-state index in [2.05, 4.69) is 141 Å². The molecule has 0 spiro atoms. The number of hydrogen-bond donors (Lipinski definition) is 4. The Morgan fingerprint density at radius 3 is 1.14 bits per heavy atom. The SMILES string of the molecule is CC(C)c1cccc(N2CC3C(=O)N(C)C(N)=N[C@@]3(c3cc(-c4cccc(C#N)c4)cs3)C2)c1.COc1cccnc1N1CC2C(=O)N(C)C(N)=N[C@@]2(c2cc(-c3cccc(C#N)c3)cs2)C1.COc1cncc(N2CC3C(=O)N(C)C(N)=N[C@@]3(c3cc(-c4cccc(C#N)c4)cs3)C2)c1.Cc1ccccc1N1CC2C(=O)N(C)C(N)=N[C@@]2(c2cc(-c3cccc(C#N)c3)cs2)C1. The van der Waals surface area contributed by atoms with Crippen LogP contribution in [-0.4, -0.2) is 172 Å². The first-order chi connectivity index (χ1) is 63.7.